The number of amides is 1. The van der Waals surface area contributed by atoms with Gasteiger partial charge in [0.2, 0.25) is 11.0 Å². The normalized spacial score (nSPS) is 11.7. The maximum absolute atomic E-state index is 11.3. The molecule has 0 aliphatic carbocycles. The predicted molar refractivity (Wildman–Crippen MR) is 72.7 cm³/mol. The zero-order chi connectivity index (χ0) is 14.2. The molecule has 0 aromatic heterocycles. The van der Waals surface area contributed by atoms with Gasteiger partial charge >= 0.3 is 0 Å². The van der Waals surface area contributed by atoms with E-state index in [9.17, 15) is 9.59 Å². The second-order valence-electron chi connectivity index (χ2n) is 4.89. The first-order valence-electron chi connectivity index (χ1n) is 5.97. The Balaban J connectivity index is 3.80. The molecule has 0 aromatic carbocycles. The minimum absolute atomic E-state index is 0.0737. The van der Waals surface area contributed by atoms with E-state index in [0.717, 1.165) is 0 Å². The van der Waals surface area contributed by atoms with Crippen LogP contribution in [-0.4, -0.2) is 42.5 Å². The second kappa shape index (κ2) is 8.50. The summed E-state index contributed by atoms with van der Waals surface area (Å²) in [5.41, 5.74) is -0.433. The van der Waals surface area contributed by atoms with E-state index < -0.39 is 5.60 Å². The summed E-state index contributed by atoms with van der Waals surface area (Å²) in [4.78, 5) is 21.9. The summed E-state index contributed by atoms with van der Waals surface area (Å²) in [6, 6.07) is 0. The summed E-state index contributed by atoms with van der Waals surface area (Å²) in [5, 5.41) is 2.03. The summed E-state index contributed by atoms with van der Waals surface area (Å²) in [6.07, 6.45) is 0.884. The molecule has 0 atom stereocenters. The first-order chi connectivity index (χ1) is 8.23. The van der Waals surface area contributed by atoms with E-state index in [-0.39, 0.29) is 30.3 Å². The highest BCUT2D eigenvalue weighted by Crippen LogP contribution is 2.14. The summed E-state index contributed by atoms with van der Waals surface area (Å²) >= 11 is 3.55. The van der Waals surface area contributed by atoms with Crippen molar-refractivity contribution in [2.75, 3.05) is 19.8 Å². The van der Waals surface area contributed by atoms with Crippen LogP contribution in [0.2, 0.25) is 0 Å². The average Bonchev–Trinajstić information content (AvgIpc) is 2.22. The number of thiol groups is 1. The molecule has 18 heavy (non-hydrogen) atoms. The SMILES string of the molecule is CC(C)OCCC(C)(C)OCC(=O)NCC(=O)S. The van der Waals surface area contributed by atoms with Crippen LogP contribution in [0, 0.1) is 0 Å². The fourth-order valence-corrected chi connectivity index (χ4v) is 1.18. The molecule has 0 radical (unpaired) electrons. The molecule has 0 heterocycles. The Morgan fingerprint density at radius 1 is 1.33 bits per heavy atom. The highest BCUT2D eigenvalue weighted by Gasteiger charge is 2.20. The zero-order valence-corrected chi connectivity index (χ0v) is 12.4. The molecule has 0 saturated carbocycles. The van der Waals surface area contributed by atoms with Gasteiger partial charge in [-0.1, -0.05) is 0 Å². The largest absolute Gasteiger partial charge is 0.379 e. The van der Waals surface area contributed by atoms with E-state index in [2.05, 4.69) is 17.9 Å². The zero-order valence-electron chi connectivity index (χ0n) is 11.5. The van der Waals surface area contributed by atoms with Gasteiger partial charge in [-0.15, -0.1) is 12.6 Å². The molecule has 0 spiro atoms. The van der Waals surface area contributed by atoms with Crippen LogP contribution >= 0.6 is 12.6 Å². The van der Waals surface area contributed by atoms with Gasteiger partial charge in [0.25, 0.3) is 0 Å². The molecule has 0 bridgehead atoms. The monoisotopic (exact) mass is 277 g/mol. The molecule has 0 unspecified atom stereocenters. The molecule has 1 amide bonds. The Kier molecular flexibility index (Phi) is 8.22. The molecule has 0 fully saturated rings. The van der Waals surface area contributed by atoms with Crippen molar-refractivity contribution < 1.29 is 19.1 Å². The minimum Gasteiger partial charge on any atom is -0.379 e. The van der Waals surface area contributed by atoms with Crippen molar-refractivity contribution in [1.82, 2.24) is 5.32 Å². The fourth-order valence-electron chi connectivity index (χ4n) is 1.10. The highest BCUT2D eigenvalue weighted by molar-refractivity contribution is 7.96. The number of carbonyl (C=O) groups excluding carboxylic acids is 2. The van der Waals surface area contributed by atoms with Gasteiger partial charge in [0.05, 0.1) is 18.2 Å². The third kappa shape index (κ3) is 10.6. The van der Waals surface area contributed by atoms with Crippen LogP contribution in [0.25, 0.3) is 0 Å². The topological polar surface area (TPSA) is 64.6 Å². The molecule has 0 aliphatic heterocycles. The molecule has 0 aromatic rings. The standard InChI is InChI=1S/C12H23NO4S/c1-9(2)16-6-5-12(3,4)17-8-10(14)13-7-11(15)18/h9H,5-8H2,1-4H3,(H,13,14)(H,15,18). The summed E-state index contributed by atoms with van der Waals surface area (Å²) in [6.45, 7) is 8.16. The van der Waals surface area contributed by atoms with Crippen LogP contribution in [0.4, 0.5) is 0 Å². The van der Waals surface area contributed by atoms with E-state index in [1.807, 2.05) is 27.7 Å². The molecule has 6 heteroatoms. The number of carbonyl (C=O) groups is 2. The Hall–Kier alpha value is -0.590. The van der Waals surface area contributed by atoms with Crippen LogP contribution in [0.1, 0.15) is 34.1 Å². The lowest BCUT2D eigenvalue weighted by atomic mass is 10.1. The van der Waals surface area contributed by atoms with Gasteiger partial charge in [0.1, 0.15) is 6.61 Å². The van der Waals surface area contributed by atoms with Gasteiger partial charge in [-0.05, 0) is 34.1 Å². The number of hydrogen-bond acceptors (Lipinski definition) is 4. The third-order valence-electron chi connectivity index (χ3n) is 2.19. The quantitative estimate of drug-likeness (QED) is 0.621. The van der Waals surface area contributed by atoms with Crippen molar-refractivity contribution >= 4 is 23.7 Å². The Labute approximate surface area is 114 Å². The molecule has 0 saturated heterocycles. The maximum Gasteiger partial charge on any atom is 0.246 e. The Morgan fingerprint density at radius 2 is 1.94 bits per heavy atom. The van der Waals surface area contributed by atoms with Gasteiger partial charge < -0.3 is 14.8 Å². The number of hydrogen-bond donors (Lipinski definition) is 2. The lowest BCUT2D eigenvalue weighted by Gasteiger charge is -2.25. The number of rotatable bonds is 9. The van der Waals surface area contributed by atoms with Crippen molar-refractivity contribution in [2.45, 2.75) is 45.8 Å². The van der Waals surface area contributed by atoms with Crippen molar-refractivity contribution in [3.63, 3.8) is 0 Å². The molecule has 0 rings (SSSR count). The lowest BCUT2D eigenvalue weighted by molar-refractivity contribution is -0.133. The first-order valence-corrected chi connectivity index (χ1v) is 6.42. The fraction of sp³-hybridized carbons (Fsp3) is 0.833. The summed E-state index contributed by atoms with van der Waals surface area (Å²) < 4.78 is 10.9. The molecule has 1 N–H and O–H groups in total. The van der Waals surface area contributed by atoms with Crippen molar-refractivity contribution in [3.8, 4) is 0 Å². The van der Waals surface area contributed by atoms with E-state index >= 15 is 0 Å². The van der Waals surface area contributed by atoms with Crippen molar-refractivity contribution in [2.24, 2.45) is 0 Å². The average molecular weight is 277 g/mol. The minimum atomic E-state index is -0.433. The van der Waals surface area contributed by atoms with Gasteiger partial charge in [0.15, 0.2) is 0 Å². The van der Waals surface area contributed by atoms with Gasteiger partial charge in [-0.25, -0.2) is 0 Å². The van der Waals surface area contributed by atoms with Crippen molar-refractivity contribution in [1.29, 1.82) is 0 Å². The summed E-state index contributed by atoms with van der Waals surface area (Å²) in [5.74, 6) is -0.324. The summed E-state index contributed by atoms with van der Waals surface area (Å²) in [7, 11) is 0. The molecule has 5 nitrogen and oxygen atoms in total. The van der Waals surface area contributed by atoms with E-state index in [4.69, 9.17) is 9.47 Å². The first kappa shape index (κ1) is 17.4. The Morgan fingerprint density at radius 3 is 2.44 bits per heavy atom. The van der Waals surface area contributed by atoms with Crippen LogP contribution < -0.4 is 5.32 Å². The third-order valence-corrected chi connectivity index (χ3v) is 2.34. The van der Waals surface area contributed by atoms with Crippen molar-refractivity contribution in [3.05, 3.63) is 0 Å². The van der Waals surface area contributed by atoms with Crippen LogP contribution in [0.5, 0.6) is 0 Å². The lowest BCUT2D eigenvalue weighted by Crippen LogP contribution is -2.36. The van der Waals surface area contributed by atoms with Gasteiger partial charge in [0, 0.05) is 6.61 Å². The highest BCUT2D eigenvalue weighted by atomic mass is 32.1. The molecular weight excluding hydrogens is 254 g/mol. The Bertz CT molecular complexity index is 279. The van der Waals surface area contributed by atoms with E-state index in [1.165, 1.54) is 0 Å². The van der Waals surface area contributed by atoms with E-state index in [0.29, 0.717) is 13.0 Å². The van der Waals surface area contributed by atoms with Gasteiger partial charge in [-0.3, -0.25) is 9.59 Å². The van der Waals surface area contributed by atoms with Gasteiger partial charge in [-0.2, -0.15) is 0 Å². The van der Waals surface area contributed by atoms with Crippen LogP contribution in [0.3, 0.4) is 0 Å². The smallest absolute Gasteiger partial charge is 0.246 e. The maximum atomic E-state index is 11.3. The van der Waals surface area contributed by atoms with Crippen LogP contribution in [-0.2, 0) is 19.1 Å². The number of ether oxygens (including phenoxy) is 2. The number of nitrogens with one attached hydrogen (secondary N) is 1. The molecular formula is C12H23NO4S. The van der Waals surface area contributed by atoms with E-state index in [1.54, 1.807) is 0 Å². The predicted octanol–water partition coefficient (Wildman–Crippen LogP) is 1.17. The van der Waals surface area contributed by atoms with Crippen LogP contribution in [0.15, 0.2) is 0 Å². The molecule has 106 valence electrons. The second-order valence-corrected chi connectivity index (χ2v) is 5.39. The molecule has 0 aliphatic rings.